The molecule has 1 aliphatic rings. The van der Waals surface area contributed by atoms with Crippen molar-refractivity contribution in [1.82, 2.24) is 10.3 Å². The van der Waals surface area contributed by atoms with Crippen molar-refractivity contribution >= 4 is 67.1 Å². The Labute approximate surface area is 204 Å². The SMILES string of the molecule is Cc1cnc2ccc(NS(=O)(=O)c3ccc4c(Cl)cccc4c3)cc2c1N1CCNCC1.Cl. The Morgan fingerprint density at radius 1 is 1.03 bits per heavy atom. The molecule has 1 saturated heterocycles. The minimum Gasteiger partial charge on any atom is -0.368 e. The number of aromatic nitrogens is 1. The molecule has 0 saturated carbocycles. The summed E-state index contributed by atoms with van der Waals surface area (Å²) in [7, 11) is -3.77. The molecule has 0 amide bonds. The third-order valence-corrected chi connectivity index (χ3v) is 7.53. The number of pyridine rings is 1. The molecule has 6 nitrogen and oxygen atoms in total. The quantitative estimate of drug-likeness (QED) is 0.411. The first kappa shape index (κ1) is 23.6. The topological polar surface area (TPSA) is 74.3 Å². The molecular formula is C24H24Cl2N4O2S. The number of anilines is 2. The average Bonchev–Trinajstić information content (AvgIpc) is 2.79. The first-order valence-electron chi connectivity index (χ1n) is 10.5. The fourth-order valence-electron chi connectivity index (χ4n) is 4.25. The molecule has 0 atom stereocenters. The van der Waals surface area contributed by atoms with Crippen LogP contribution in [-0.2, 0) is 10.0 Å². The summed E-state index contributed by atoms with van der Waals surface area (Å²) in [6.07, 6.45) is 1.88. The van der Waals surface area contributed by atoms with Crippen molar-refractivity contribution < 1.29 is 8.42 Å². The second-order valence-electron chi connectivity index (χ2n) is 7.99. The molecule has 1 aromatic heterocycles. The van der Waals surface area contributed by atoms with Crippen LogP contribution >= 0.6 is 24.0 Å². The highest BCUT2D eigenvalue weighted by Gasteiger charge is 2.19. The van der Waals surface area contributed by atoms with Crippen LogP contribution in [0.2, 0.25) is 5.02 Å². The third kappa shape index (κ3) is 4.59. The number of sulfonamides is 1. The van der Waals surface area contributed by atoms with Gasteiger partial charge in [-0.05, 0) is 54.3 Å². The summed E-state index contributed by atoms with van der Waals surface area (Å²) >= 11 is 6.22. The van der Waals surface area contributed by atoms with E-state index < -0.39 is 10.0 Å². The van der Waals surface area contributed by atoms with Crippen LogP contribution in [0.1, 0.15) is 5.56 Å². The van der Waals surface area contributed by atoms with Crippen LogP contribution in [0.4, 0.5) is 11.4 Å². The molecule has 0 spiro atoms. The summed E-state index contributed by atoms with van der Waals surface area (Å²) in [5.74, 6) is 0. The van der Waals surface area contributed by atoms with Crippen LogP contribution < -0.4 is 14.9 Å². The van der Waals surface area contributed by atoms with Crippen LogP contribution in [0, 0.1) is 6.92 Å². The number of piperazine rings is 1. The summed E-state index contributed by atoms with van der Waals surface area (Å²) in [6.45, 7) is 5.68. The fraction of sp³-hybridized carbons (Fsp3) is 0.208. The van der Waals surface area contributed by atoms with Crippen molar-refractivity contribution in [2.45, 2.75) is 11.8 Å². The van der Waals surface area contributed by atoms with Gasteiger partial charge >= 0.3 is 0 Å². The molecule has 9 heteroatoms. The number of nitrogens with zero attached hydrogens (tertiary/aromatic N) is 2. The highest BCUT2D eigenvalue weighted by Crippen LogP contribution is 2.32. The monoisotopic (exact) mass is 502 g/mol. The normalized spacial score (nSPS) is 14.3. The highest BCUT2D eigenvalue weighted by atomic mass is 35.5. The van der Waals surface area contributed by atoms with Crippen LogP contribution in [0.25, 0.3) is 21.7 Å². The summed E-state index contributed by atoms with van der Waals surface area (Å²) in [4.78, 5) is 7.07. The van der Waals surface area contributed by atoms with E-state index in [0.717, 1.165) is 59.1 Å². The van der Waals surface area contributed by atoms with Gasteiger partial charge < -0.3 is 10.2 Å². The van der Waals surface area contributed by atoms with Gasteiger partial charge in [0.2, 0.25) is 0 Å². The van der Waals surface area contributed by atoms with Crippen LogP contribution in [-0.4, -0.2) is 39.6 Å². The predicted molar refractivity (Wildman–Crippen MR) is 139 cm³/mol. The fourth-order valence-corrected chi connectivity index (χ4v) is 5.58. The maximum atomic E-state index is 13.1. The van der Waals surface area contributed by atoms with Gasteiger partial charge in [-0.2, -0.15) is 0 Å². The van der Waals surface area contributed by atoms with Crippen molar-refractivity contribution in [2.24, 2.45) is 0 Å². The van der Waals surface area contributed by atoms with Crippen molar-refractivity contribution in [2.75, 3.05) is 35.8 Å². The summed E-state index contributed by atoms with van der Waals surface area (Å²) in [5, 5.41) is 6.51. The van der Waals surface area contributed by atoms with Crippen LogP contribution in [0.15, 0.2) is 65.7 Å². The van der Waals surface area contributed by atoms with Gasteiger partial charge in [0.1, 0.15) is 0 Å². The maximum absolute atomic E-state index is 13.1. The smallest absolute Gasteiger partial charge is 0.261 e. The molecule has 33 heavy (non-hydrogen) atoms. The molecule has 0 radical (unpaired) electrons. The van der Waals surface area contributed by atoms with Gasteiger partial charge in [0.25, 0.3) is 10.0 Å². The number of rotatable bonds is 4. The lowest BCUT2D eigenvalue weighted by Gasteiger charge is -2.31. The molecule has 172 valence electrons. The van der Waals surface area contributed by atoms with Gasteiger partial charge in [0.15, 0.2) is 0 Å². The van der Waals surface area contributed by atoms with E-state index in [-0.39, 0.29) is 17.3 Å². The van der Waals surface area contributed by atoms with E-state index in [2.05, 4.69) is 19.9 Å². The molecular weight excluding hydrogens is 479 g/mol. The van der Waals surface area contributed by atoms with E-state index in [1.807, 2.05) is 37.4 Å². The van der Waals surface area contributed by atoms with Gasteiger partial charge in [-0.25, -0.2) is 8.42 Å². The number of benzene rings is 3. The Bertz CT molecular complexity index is 1440. The molecule has 1 fully saturated rings. The van der Waals surface area contributed by atoms with E-state index in [1.54, 1.807) is 30.3 Å². The summed E-state index contributed by atoms with van der Waals surface area (Å²) in [6, 6.07) is 15.9. The number of fused-ring (bicyclic) bond motifs is 2. The number of hydrogen-bond donors (Lipinski definition) is 2. The Kier molecular flexibility index (Phi) is 6.68. The van der Waals surface area contributed by atoms with Crippen molar-refractivity contribution in [3.8, 4) is 0 Å². The Morgan fingerprint density at radius 3 is 2.61 bits per heavy atom. The number of aryl methyl sites for hydroxylation is 1. The van der Waals surface area contributed by atoms with E-state index in [1.165, 1.54) is 0 Å². The van der Waals surface area contributed by atoms with E-state index >= 15 is 0 Å². The first-order chi connectivity index (χ1) is 15.4. The lowest BCUT2D eigenvalue weighted by atomic mass is 10.1. The molecule has 0 aliphatic carbocycles. The second kappa shape index (κ2) is 9.35. The van der Waals surface area contributed by atoms with Gasteiger partial charge in [-0.1, -0.05) is 29.8 Å². The minimum atomic E-state index is -3.77. The van der Waals surface area contributed by atoms with Gasteiger partial charge in [0.05, 0.1) is 16.1 Å². The van der Waals surface area contributed by atoms with E-state index in [0.29, 0.717) is 10.7 Å². The zero-order chi connectivity index (χ0) is 22.3. The zero-order valence-electron chi connectivity index (χ0n) is 18.0. The molecule has 1 aliphatic heterocycles. The van der Waals surface area contributed by atoms with E-state index in [9.17, 15) is 8.42 Å². The molecule has 2 N–H and O–H groups in total. The minimum absolute atomic E-state index is 0. The summed E-state index contributed by atoms with van der Waals surface area (Å²) in [5.41, 5.74) is 3.53. The van der Waals surface area contributed by atoms with Crippen molar-refractivity contribution in [3.63, 3.8) is 0 Å². The van der Waals surface area contributed by atoms with Crippen molar-refractivity contribution in [3.05, 3.63) is 71.4 Å². The number of nitrogens with one attached hydrogen (secondary N) is 2. The molecule has 3 aromatic carbocycles. The molecule has 4 aromatic rings. The van der Waals surface area contributed by atoms with Gasteiger partial charge in [-0.15, -0.1) is 12.4 Å². The summed E-state index contributed by atoms with van der Waals surface area (Å²) < 4.78 is 29.0. The third-order valence-electron chi connectivity index (χ3n) is 5.82. The van der Waals surface area contributed by atoms with Gasteiger partial charge in [0, 0.05) is 53.9 Å². The standard InChI is InChI=1S/C24H23ClN4O2S.ClH/c1-16-15-27-23-8-5-18(14-21(23)24(16)29-11-9-26-10-12-29)28-32(30,31)19-6-7-20-17(13-19)3-2-4-22(20)25;/h2-8,13-15,26,28H,9-12H2,1H3;1H. The highest BCUT2D eigenvalue weighted by molar-refractivity contribution is 7.92. The largest absolute Gasteiger partial charge is 0.368 e. The lowest BCUT2D eigenvalue weighted by molar-refractivity contribution is 0.589. The molecule has 0 bridgehead atoms. The van der Waals surface area contributed by atoms with Crippen LogP contribution in [0.3, 0.4) is 0 Å². The predicted octanol–water partition coefficient (Wildman–Crippen LogP) is 4.98. The van der Waals surface area contributed by atoms with Gasteiger partial charge in [-0.3, -0.25) is 9.71 Å². The molecule has 0 unspecified atom stereocenters. The zero-order valence-corrected chi connectivity index (χ0v) is 20.4. The maximum Gasteiger partial charge on any atom is 0.261 e. The Hall–Kier alpha value is -2.58. The molecule has 2 heterocycles. The number of hydrogen-bond acceptors (Lipinski definition) is 5. The number of halogens is 2. The average molecular weight is 503 g/mol. The Morgan fingerprint density at radius 2 is 1.82 bits per heavy atom. The molecule has 5 rings (SSSR count). The Balaban J connectivity index is 0.00000259. The first-order valence-corrected chi connectivity index (χ1v) is 12.3. The van der Waals surface area contributed by atoms with E-state index in [4.69, 9.17) is 11.6 Å². The van der Waals surface area contributed by atoms with Crippen molar-refractivity contribution in [1.29, 1.82) is 0 Å². The lowest BCUT2D eigenvalue weighted by Crippen LogP contribution is -2.43. The second-order valence-corrected chi connectivity index (χ2v) is 10.1. The van der Waals surface area contributed by atoms with Crippen LogP contribution in [0.5, 0.6) is 0 Å².